The number of amides is 2. The number of piperazine rings is 1. The smallest absolute Gasteiger partial charge is 0.233 e. The summed E-state index contributed by atoms with van der Waals surface area (Å²) < 4.78 is 18.6. The van der Waals surface area contributed by atoms with Gasteiger partial charge in [-0.2, -0.15) is 0 Å². The van der Waals surface area contributed by atoms with Crippen molar-refractivity contribution in [1.29, 1.82) is 0 Å². The predicted molar refractivity (Wildman–Crippen MR) is 111 cm³/mol. The molecule has 7 heteroatoms. The minimum Gasteiger partial charge on any atom is -0.491 e. The molecule has 0 unspecified atom stereocenters. The van der Waals surface area contributed by atoms with Gasteiger partial charge in [-0.05, 0) is 62.4 Å². The van der Waals surface area contributed by atoms with Gasteiger partial charge in [0.2, 0.25) is 11.8 Å². The lowest BCUT2D eigenvalue weighted by Gasteiger charge is -2.36. The minimum absolute atomic E-state index is 0.0802. The van der Waals surface area contributed by atoms with Gasteiger partial charge in [0, 0.05) is 37.6 Å². The number of ether oxygens (including phenoxy) is 1. The van der Waals surface area contributed by atoms with Crippen LogP contribution in [0.1, 0.15) is 20.3 Å². The number of carbonyl (C=O) groups is 2. The number of carbonyl (C=O) groups excluding carboxylic acids is 2. The fourth-order valence-electron chi connectivity index (χ4n) is 3.21. The standard InChI is InChI=1S/C22H26FN3O3/c1-16(2)29-20-9-5-18(6-10-20)24-21(27)15-22(28)26-13-11-25(12-14-26)19-7-3-17(23)4-8-19/h3-10,16H,11-15H2,1-2H3,(H,24,27). The molecule has 29 heavy (non-hydrogen) atoms. The Morgan fingerprint density at radius 2 is 1.62 bits per heavy atom. The molecule has 1 heterocycles. The Morgan fingerprint density at radius 1 is 1.00 bits per heavy atom. The molecule has 1 N–H and O–H groups in total. The van der Waals surface area contributed by atoms with Crippen LogP contribution in [0.4, 0.5) is 15.8 Å². The molecular formula is C22H26FN3O3. The Kier molecular flexibility index (Phi) is 6.69. The van der Waals surface area contributed by atoms with Crippen molar-refractivity contribution < 1.29 is 18.7 Å². The van der Waals surface area contributed by atoms with Crippen LogP contribution < -0.4 is 15.0 Å². The number of rotatable bonds is 6. The van der Waals surface area contributed by atoms with E-state index in [0.717, 1.165) is 11.4 Å². The fraction of sp³-hybridized carbons (Fsp3) is 0.364. The number of hydrogen-bond acceptors (Lipinski definition) is 4. The quantitative estimate of drug-likeness (QED) is 0.758. The largest absolute Gasteiger partial charge is 0.491 e. The Balaban J connectivity index is 1.45. The van der Waals surface area contributed by atoms with Gasteiger partial charge in [0.15, 0.2) is 0 Å². The van der Waals surface area contributed by atoms with Gasteiger partial charge in [0.25, 0.3) is 0 Å². The number of anilines is 2. The van der Waals surface area contributed by atoms with E-state index in [2.05, 4.69) is 10.2 Å². The summed E-state index contributed by atoms with van der Waals surface area (Å²) in [4.78, 5) is 28.4. The second-order valence-corrected chi connectivity index (χ2v) is 7.26. The molecule has 1 aliphatic rings. The van der Waals surface area contributed by atoms with Crippen LogP contribution in [-0.2, 0) is 9.59 Å². The van der Waals surface area contributed by atoms with E-state index in [1.807, 2.05) is 13.8 Å². The first kappa shape index (κ1) is 20.6. The molecule has 2 aromatic carbocycles. The second kappa shape index (κ2) is 9.41. The summed E-state index contributed by atoms with van der Waals surface area (Å²) in [6.07, 6.45) is -0.113. The zero-order valence-electron chi connectivity index (χ0n) is 16.7. The van der Waals surface area contributed by atoms with E-state index < -0.39 is 0 Å². The third-order valence-electron chi connectivity index (χ3n) is 4.65. The molecule has 6 nitrogen and oxygen atoms in total. The zero-order chi connectivity index (χ0) is 20.8. The Hall–Kier alpha value is -3.09. The van der Waals surface area contributed by atoms with Gasteiger partial charge in [-0.1, -0.05) is 0 Å². The van der Waals surface area contributed by atoms with Crippen molar-refractivity contribution in [2.24, 2.45) is 0 Å². The summed E-state index contributed by atoms with van der Waals surface area (Å²) in [7, 11) is 0. The normalized spacial score (nSPS) is 14.1. The average Bonchev–Trinajstić information content (AvgIpc) is 2.70. The highest BCUT2D eigenvalue weighted by molar-refractivity contribution is 6.03. The van der Waals surface area contributed by atoms with Crippen molar-refractivity contribution in [1.82, 2.24) is 4.90 Å². The molecule has 0 aliphatic carbocycles. The van der Waals surface area contributed by atoms with Gasteiger partial charge in [0.05, 0.1) is 6.10 Å². The van der Waals surface area contributed by atoms with E-state index in [4.69, 9.17) is 4.74 Å². The van der Waals surface area contributed by atoms with Crippen LogP contribution >= 0.6 is 0 Å². The van der Waals surface area contributed by atoms with Gasteiger partial charge in [0.1, 0.15) is 18.0 Å². The third kappa shape index (κ3) is 5.94. The van der Waals surface area contributed by atoms with Gasteiger partial charge in [-0.25, -0.2) is 4.39 Å². The van der Waals surface area contributed by atoms with Crippen molar-refractivity contribution in [3.63, 3.8) is 0 Å². The molecule has 2 amide bonds. The van der Waals surface area contributed by atoms with E-state index in [-0.39, 0.29) is 30.2 Å². The number of halogens is 1. The highest BCUT2D eigenvalue weighted by atomic mass is 19.1. The lowest BCUT2D eigenvalue weighted by molar-refractivity contribution is -0.134. The lowest BCUT2D eigenvalue weighted by atomic mass is 10.2. The van der Waals surface area contributed by atoms with E-state index >= 15 is 0 Å². The van der Waals surface area contributed by atoms with Gasteiger partial charge in [-0.15, -0.1) is 0 Å². The van der Waals surface area contributed by atoms with Gasteiger partial charge < -0.3 is 19.9 Å². The first-order chi connectivity index (χ1) is 13.9. The lowest BCUT2D eigenvalue weighted by Crippen LogP contribution is -2.49. The first-order valence-electron chi connectivity index (χ1n) is 9.75. The molecule has 0 spiro atoms. The van der Waals surface area contributed by atoms with Gasteiger partial charge >= 0.3 is 0 Å². The molecule has 1 aliphatic heterocycles. The molecule has 2 aromatic rings. The fourth-order valence-corrected chi connectivity index (χ4v) is 3.21. The summed E-state index contributed by atoms with van der Waals surface area (Å²) in [5, 5.41) is 2.74. The highest BCUT2D eigenvalue weighted by Crippen LogP contribution is 2.19. The zero-order valence-corrected chi connectivity index (χ0v) is 16.7. The highest BCUT2D eigenvalue weighted by Gasteiger charge is 2.23. The van der Waals surface area contributed by atoms with Crippen molar-refractivity contribution >= 4 is 23.2 Å². The summed E-state index contributed by atoms with van der Waals surface area (Å²) in [6, 6.07) is 13.4. The van der Waals surface area contributed by atoms with E-state index in [1.165, 1.54) is 12.1 Å². The molecule has 0 aromatic heterocycles. The van der Waals surface area contributed by atoms with Crippen LogP contribution in [0.25, 0.3) is 0 Å². The molecule has 1 saturated heterocycles. The third-order valence-corrected chi connectivity index (χ3v) is 4.65. The maximum absolute atomic E-state index is 13.1. The van der Waals surface area contributed by atoms with Gasteiger partial charge in [-0.3, -0.25) is 9.59 Å². The van der Waals surface area contributed by atoms with Crippen LogP contribution in [0.5, 0.6) is 5.75 Å². The first-order valence-corrected chi connectivity index (χ1v) is 9.75. The molecule has 0 atom stereocenters. The average molecular weight is 399 g/mol. The van der Waals surface area contributed by atoms with Crippen LogP contribution in [0.3, 0.4) is 0 Å². The second-order valence-electron chi connectivity index (χ2n) is 7.26. The summed E-state index contributed by atoms with van der Waals surface area (Å²) in [5.41, 5.74) is 1.56. The summed E-state index contributed by atoms with van der Waals surface area (Å²) in [6.45, 7) is 6.25. The minimum atomic E-state index is -0.339. The van der Waals surface area contributed by atoms with Crippen molar-refractivity contribution in [3.05, 3.63) is 54.3 Å². The molecule has 3 rings (SSSR count). The van der Waals surface area contributed by atoms with E-state index in [0.29, 0.717) is 31.9 Å². The molecule has 0 saturated carbocycles. The number of nitrogens with one attached hydrogen (secondary N) is 1. The monoisotopic (exact) mass is 399 g/mol. The molecule has 0 bridgehead atoms. The molecule has 154 valence electrons. The molecule has 0 radical (unpaired) electrons. The summed E-state index contributed by atoms with van der Waals surface area (Å²) in [5.74, 6) is -0.0710. The number of hydrogen-bond donors (Lipinski definition) is 1. The number of nitrogens with zero attached hydrogens (tertiary/aromatic N) is 2. The molecule has 1 fully saturated rings. The molecular weight excluding hydrogens is 373 g/mol. The Bertz CT molecular complexity index is 829. The van der Waals surface area contributed by atoms with Crippen LogP contribution in [-0.4, -0.2) is 49.0 Å². The van der Waals surface area contributed by atoms with Crippen LogP contribution in [0.2, 0.25) is 0 Å². The van der Waals surface area contributed by atoms with Crippen molar-refractivity contribution in [2.45, 2.75) is 26.4 Å². The van der Waals surface area contributed by atoms with E-state index in [1.54, 1.807) is 41.3 Å². The summed E-state index contributed by atoms with van der Waals surface area (Å²) >= 11 is 0. The SMILES string of the molecule is CC(C)Oc1ccc(NC(=O)CC(=O)N2CCN(c3ccc(F)cc3)CC2)cc1. The van der Waals surface area contributed by atoms with Crippen molar-refractivity contribution in [3.8, 4) is 5.75 Å². The maximum atomic E-state index is 13.1. The Labute approximate surface area is 170 Å². The Morgan fingerprint density at radius 3 is 2.21 bits per heavy atom. The number of benzene rings is 2. The topological polar surface area (TPSA) is 61.9 Å². The van der Waals surface area contributed by atoms with Crippen LogP contribution in [0.15, 0.2) is 48.5 Å². The van der Waals surface area contributed by atoms with E-state index in [9.17, 15) is 14.0 Å². The maximum Gasteiger partial charge on any atom is 0.233 e. The predicted octanol–water partition coefficient (Wildman–Crippen LogP) is 3.29. The van der Waals surface area contributed by atoms with Crippen LogP contribution in [0, 0.1) is 5.82 Å². The van der Waals surface area contributed by atoms with Crippen molar-refractivity contribution in [2.75, 3.05) is 36.4 Å².